The molecule has 6 rings (SSSR count). The average molecular weight is 470 g/mol. The van der Waals surface area contributed by atoms with E-state index in [-0.39, 0.29) is 23.8 Å². The summed E-state index contributed by atoms with van der Waals surface area (Å²) in [6, 6.07) is 0.544. The lowest BCUT2D eigenvalue weighted by Gasteiger charge is -2.26. The van der Waals surface area contributed by atoms with Gasteiger partial charge < -0.3 is 21.3 Å². The number of nitrogens with zero attached hydrogens (tertiary/aromatic N) is 3. The average Bonchev–Trinajstić information content (AvgIpc) is 3.70. The Morgan fingerprint density at radius 3 is 2.82 bits per heavy atom. The standard InChI is InChI=1S/C23H31N7O2S/c31-20(14-3-4-14)28-22-19(21(32)25-10-13-1-2-13)17-9-16(5-6-18(17)33-22)30-12-26-29-23(30)27-15-7-8-24-11-15/h12-16,24H,1-11H2,(H,25,32)(H,27,29)(H,28,31)/t15-,16+/m1/s1. The van der Waals surface area contributed by atoms with E-state index in [4.69, 9.17) is 0 Å². The number of rotatable bonds is 8. The highest BCUT2D eigenvalue weighted by Crippen LogP contribution is 2.42. The van der Waals surface area contributed by atoms with Crippen LogP contribution in [0, 0.1) is 11.8 Å². The molecule has 9 nitrogen and oxygen atoms in total. The highest BCUT2D eigenvalue weighted by molar-refractivity contribution is 7.17. The number of amides is 2. The van der Waals surface area contributed by atoms with Crippen LogP contribution in [0.15, 0.2) is 6.33 Å². The van der Waals surface area contributed by atoms with E-state index in [2.05, 4.69) is 36.0 Å². The SMILES string of the molecule is O=C(NCC1CC1)c1c(NC(=O)C2CC2)sc2c1C[C@@H](n1cnnc1N[C@@H]1CCNC1)CC2. The van der Waals surface area contributed by atoms with Crippen LogP contribution in [0.5, 0.6) is 0 Å². The van der Waals surface area contributed by atoms with Gasteiger partial charge in [-0.1, -0.05) is 0 Å². The van der Waals surface area contributed by atoms with Gasteiger partial charge in [0.25, 0.3) is 5.91 Å². The summed E-state index contributed by atoms with van der Waals surface area (Å²) >= 11 is 1.59. The van der Waals surface area contributed by atoms with Gasteiger partial charge in [-0.3, -0.25) is 14.2 Å². The fourth-order valence-electron chi connectivity index (χ4n) is 4.91. The molecule has 2 aromatic heterocycles. The highest BCUT2D eigenvalue weighted by Gasteiger charge is 2.35. The van der Waals surface area contributed by atoms with Gasteiger partial charge in [-0.15, -0.1) is 21.5 Å². The van der Waals surface area contributed by atoms with E-state index >= 15 is 0 Å². The predicted molar refractivity (Wildman–Crippen MR) is 127 cm³/mol. The van der Waals surface area contributed by atoms with Crippen LogP contribution >= 0.6 is 11.3 Å². The van der Waals surface area contributed by atoms with Crippen molar-refractivity contribution in [3.8, 4) is 0 Å². The van der Waals surface area contributed by atoms with Gasteiger partial charge in [-0.05, 0) is 69.4 Å². The first-order chi connectivity index (χ1) is 16.2. The van der Waals surface area contributed by atoms with Crippen molar-refractivity contribution >= 4 is 34.1 Å². The van der Waals surface area contributed by atoms with Crippen LogP contribution in [-0.4, -0.2) is 52.3 Å². The molecule has 1 saturated heterocycles. The van der Waals surface area contributed by atoms with Crippen LogP contribution in [0.1, 0.15) is 65.4 Å². The Morgan fingerprint density at radius 1 is 1.18 bits per heavy atom. The van der Waals surface area contributed by atoms with Gasteiger partial charge in [-0.2, -0.15) is 0 Å². The smallest absolute Gasteiger partial charge is 0.254 e. The molecule has 2 amide bonds. The summed E-state index contributed by atoms with van der Waals surface area (Å²) < 4.78 is 2.13. The summed E-state index contributed by atoms with van der Waals surface area (Å²) in [5.41, 5.74) is 1.76. The zero-order valence-corrected chi connectivity index (χ0v) is 19.5. The molecule has 3 fully saturated rings. The van der Waals surface area contributed by atoms with Gasteiger partial charge in [0.15, 0.2) is 0 Å². The second kappa shape index (κ2) is 8.72. The van der Waals surface area contributed by atoms with E-state index in [9.17, 15) is 9.59 Å². The molecular formula is C23H31N7O2S. The first kappa shape index (κ1) is 21.1. The molecule has 3 aliphatic carbocycles. The second-order valence-electron chi connectivity index (χ2n) is 9.92. The van der Waals surface area contributed by atoms with Gasteiger partial charge in [0.2, 0.25) is 11.9 Å². The lowest BCUT2D eigenvalue weighted by atomic mass is 9.91. The monoisotopic (exact) mass is 469 g/mol. The van der Waals surface area contributed by atoms with Gasteiger partial charge in [-0.25, -0.2) is 0 Å². The van der Waals surface area contributed by atoms with Crippen molar-refractivity contribution in [2.45, 2.75) is 63.5 Å². The minimum Gasteiger partial charge on any atom is -0.352 e. The van der Waals surface area contributed by atoms with E-state index in [1.54, 1.807) is 17.7 Å². The molecule has 0 bridgehead atoms. The molecule has 10 heteroatoms. The van der Waals surface area contributed by atoms with Crippen molar-refractivity contribution in [2.24, 2.45) is 11.8 Å². The summed E-state index contributed by atoms with van der Waals surface area (Å²) in [5, 5.41) is 22.4. The van der Waals surface area contributed by atoms with Gasteiger partial charge in [0.1, 0.15) is 11.3 Å². The Bertz CT molecular complexity index is 1050. The molecule has 33 heavy (non-hydrogen) atoms. The lowest BCUT2D eigenvalue weighted by Crippen LogP contribution is -2.29. The van der Waals surface area contributed by atoms with Crippen LogP contribution < -0.4 is 21.3 Å². The number of aryl methyl sites for hydroxylation is 1. The van der Waals surface area contributed by atoms with E-state index < -0.39 is 0 Å². The fraction of sp³-hybridized carbons (Fsp3) is 0.652. The Labute approximate surface area is 197 Å². The first-order valence-corrected chi connectivity index (χ1v) is 13.1. The van der Waals surface area contributed by atoms with E-state index in [1.807, 2.05) is 0 Å². The molecule has 2 aromatic rings. The summed E-state index contributed by atoms with van der Waals surface area (Å²) in [5.74, 6) is 1.52. The molecule has 4 N–H and O–H groups in total. The number of fused-ring (bicyclic) bond motifs is 1. The summed E-state index contributed by atoms with van der Waals surface area (Å²) in [4.78, 5) is 27.0. The molecule has 2 saturated carbocycles. The van der Waals surface area contributed by atoms with Crippen molar-refractivity contribution in [3.05, 3.63) is 22.3 Å². The van der Waals surface area contributed by atoms with Crippen molar-refractivity contribution < 1.29 is 9.59 Å². The van der Waals surface area contributed by atoms with Crippen LogP contribution in [0.25, 0.3) is 0 Å². The Balaban J connectivity index is 1.25. The highest BCUT2D eigenvalue weighted by atomic mass is 32.1. The van der Waals surface area contributed by atoms with Crippen LogP contribution in [0.4, 0.5) is 10.9 Å². The third kappa shape index (κ3) is 4.50. The number of aromatic nitrogens is 3. The van der Waals surface area contributed by atoms with Gasteiger partial charge in [0, 0.05) is 36.0 Å². The summed E-state index contributed by atoms with van der Waals surface area (Å²) in [6.07, 6.45) is 9.73. The lowest BCUT2D eigenvalue weighted by molar-refractivity contribution is -0.117. The largest absolute Gasteiger partial charge is 0.352 e. The Hall–Kier alpha value is -2.46. The van der Waals surface area contributed by atoms with Gasteiger partial charge in [0.05, 0.1) is 5.56 Å². The molecule has 0 radical (unpaired) electrons. The molecule has 4 aliphatic rings. The third-order valence-electron chi connectivity index (χ3n) is 7.26. The van der Waals surface area contributed by atoms with Crippen molar-refractivity contribution in [1.29, 1.82) is 0 Å². The van der Waals surface area contributed by atoms with Crippen molar-refractivity contribution in [1.82, 2.24) is 25.4 Å². The van der Waals surface area contributed by atoms with E-state index in [0.717, 1.165) is 74.7 Å². The zero-order chi connectivity index (χ0) is 22.4. The Morgan fingerprint density at radius 2 is 2.06 bits per heavy atom. The summed E-state index contributed by atoms with van der Waals surface area (Å²) in [6.45, 7) is 2.67. The molecule has 2 atom stereocenters. The Kier molecular flexibility index (Phi) is 5.57. The molecule has 1 aliphatic heterocycles. The van der Waals surface area contributed by atoms with Crippen LogP contribution in [0.3, 0.4) is 0 Å². The van der Waals surface area contributed by atoms with Crippen LogP contribution in [-0.2, 0) is 17.6 Å². The molecule has 0 unspecified atom stereocenters. The molecule has 3 heterocycles. The number of thiophene rings is 1. The molecule has 0 spiro atoms. The second-order valence-corrected chi connectivity index (χ2v) is 11.0. The van der Waals surface area contributed by atoms with E-state index in [0.29, 0.717) is 17.5 Å². The molecular weight excluding hydrogens is 438 g/mol. The minimum atomic E-state index is -0.0507. The maximum Gasteiger partial charge on any atom is 0.254 e. The predicted octanol–water partition coefficient (Wildman–Crippen LogP) is 2.33. The summed E-state index contributed by atoms with van der Waals surface area (Å²) in [7, 11) is 0. The van der Waals surface area contributed by atoms with Crippen LogP contribution in [0.2, 0.25) is 0 Å². The number of carbonyl (C=O) groups excluding carboxylic acids is 2. The van der Waals surface area contributed by atoms with Gasteiger partial charge >= 0.3 is 0 Å². The number of hydrogen-bond acceptors (Lipinski definition) is 7. The van der Waals surface area contributed by atoms with E-state index in [1.165, 1.54) is 17.7 Å². The minimum absolute atomic E-state index is 0.0507. The number of anilines is 2. The zero-order valence-electron chi connectivity index (χ0n) is 18.7. The fourth-order valence-corrected chi connectivity index (χ4v) is 6.16. The quantitative estimate of drug-likeness (QED) is 0.472. The number of nitrogens with one attached hydrogen (secondary N) is 4. The number of carbonyl (C=O) groups is 2. The molecule has 0 aromatic carbocycles. The maximum atomic E-state index is 13.3. The van der Waals surface area contributed by atoms with Crippen molar-refractivity contribution in [2.75, 3.05) is 30.3 Å². The maximum absolute atomic E-state index is 13.3. The normalized spacial score (nSPS) is 24.4. The number of hydrogen-bond donors (Lipinski definition) is 4. The topological polar surface area (TPSA) is 113 Å². The third-order valence-corrected chi connectivity index (χ3v) is 8.46. The first-order valence-electron chi connectivity index (χ1n) is 12.3. The molecule has 176 valence electrons. The van der Waals surface area contributed by atoms with Crippen molar-refractivity contribution in [3.63, 3.8) is 0 Å².